The molecule has 0 aliphatic carbocycles. The van der Waals surface area contributed by atoms with E-state index in [4.69, 9.17) is 0 Å². The van der Waals surface area contributed by atoms with Gasteiger partial charge in [0.15, 0.2) is 0 Å². The van der Waals surface area contributed by atoms with E-state index in [2.05, 4.69) is 27.8 Å². The Morgan fingerprint density at radius 1 is 1.31 bits per heavy atom. The molecule has 1 rings (SSSR count). The first-order chi connectivity index (χ1) is 7.72. The van der Waals surface area contributed by atoms with Crippen LogP contribution in [0, 0.1) is 0 Å². The lowest BCUT2D eigenvalue weighted by atomic mass is 10.0. The van der Waals surface area contributed by atoms with Crippen molar-refractivity contribution in [2.24, 2.45) is 0 Å². The molecule has 1 N–H and O–H groups in total. The molecule has 0 aromatic carbocycles. The zero-order valence-corrected chi connectivity index (χ0v) is 11.4. The summed E-state index contributed by atoms with van der Waals surface area (Å²) in [6.07, 6.45) is 9.81. The van der Waals surface area contributed by atoms with Crippen molar-refractivity contribution in [3.8, 4) is 0 Å². The number of aromatic nitrogens is 1. The van der Waals surface area contributed by atoms with Gasteiger partial charge in [0.05, 0.1) is 6.10 Å². The van der Waals surface area contributed by atoms with E-state index in [9.17, 15) is 5.11 Å². The summed E-state index contributed by atoms with van der Waals surface area (Å²) in [6.45, 7) is 2.20. The van der Waals surface area contributed by atoms with Crippen molar-refractivity contribution >= 4 is 15.9 Å². The fourth-order valence-corrected chi connectivity index (χ4v) is 2.16. The Hall–Kier alpha value is -0.410. The molecule has 1 atom stereocenters. The third kappa shape index (κ3) is 5.61. The summed E-state index contributed by atoms with van der Waals surface area (Å²) in [4.78, 5) is 4.09. The predicted octanol–water partition coefficient (Wildman–Crippen LogP) is 3.72. The molecule has 16 heavy (non-hydrogen) atoms. The summed E-state index contributed by atoms with van der Waals surface area (Å²) in [6, 6.07) is 2.02. The van der Waals surface area contributed by atoms with Gasteiger partial charge in [-0.25, -0.2) is 0 Å². The monoisotopic (exact) mass is 285 g/mol. The second-order valence-corrected chi connectivity index (χ2v) is 5.13. The minimum atomic E-state index is -0.229. The summed E-state index contributed by atoms with van der Waals surface area (Å²) >= 11 is 3.38. The molecule has 0 spiro atoms. The van der Waals surface area contributed by atoms with Crippen molar-refractivity contribution in [1.29, 1.82) is 0 Å². The maximum absolute atomic E-state index is 9.85. The van der Waals surface area contributed by atoms with Crippen LogP contribution in [0.3, 0.4) is 0 Å². The van der Waals surface area contributed by atoms with Crippen molar-refractivity contribution in [1.82, 2.24) is 4.98 Å². The summed E-state index contributed by atoms with van der Waals surface area (Å²) in [5, 5.41) is 9.85. The van der Waals surface area contributed by atoms with Crippen LogP contribution in [0.25, 0.3) is 0 Å². The molecule has 0 radical (unpaired) electrons. The second kappa shape index (κ2) is 7.80. The molecule has 0 saturated carbocycles. The van der Waals surface area contributed by atoms with Crippen LogP contribution in [0.5, 0.6) is 0 Å². The normalized spacial score (nSPS) is 12.7. The molecule has 2 nitrogen and oxygen atoms in total. The number of aliphatic hydroxyl groups excluding tert-OH is 1. The van der Waals surface area contributed by atoms with Gasteiger partial charge in [-0.15, -0.1) is 0 Å². The van der Waals surface area contributed by atoms with E-state index in [0.717, 1.165) is 22.9 Å². The highest BCUT2D eigenvalue weighted by molar-refractivity contribution is 9.10. The number of nitrogens with zero attached hydrogens (tertiary/aromatic N) is 1. The highest BCUT2D eigenvalue weighted by Gasteiger charge is 2.05. The van der Waals surface area contributed by atoms with E-state index in [0.29, 0.717) is 6.42 Å². The molecule has 1 aromatic rings. The quantitative estimate of drug-likeness (QED) is 0.775. The van der Waals surface area contributed by atoms with Crippen molar-refractivity contribution < 1.29 is 5.11 Å². The molecule has 3 heteroatoms. The largest absolute Gasteiger partial charge is 0.393 e. The topological polar surface area (TPSA) is 33.1 Å². The Morgan fingerprint density at radius 3 is 2.81 bits per heavy atom. The fraction of sp³-hybridized carbons (Fsp3) is 0.615. The van der Waals surface area contributed by atoms with E-state index in [-0.39, 0.29) is 6.10 Å². The number of hydrogen-bond donors (Lipinski definition) is 1. The maximum Gasteiger partial charge on any atom is 0.0581 e. The van der Waals surface area contributed by atoms with Crippen LogP contribution in [-0.4, -0.2) is 16.2 Å². The van der Waals surface area contributed by atoms with Gasteiger partial charge in [0.2, 0.25) is 0 Å². The summed E-state index contributed by atoms with van der Waals surface area (Å²) in [5.74, 6) is 0. The number of aliphatic hydroxyl groups is 1. The lowest BCUT2D eigenvalue weighted by molar-refractivity contribution is 0.161. The zero-order valence-electron chi connectivity index (χ0n) is 9.82. The van der Waals surface area contributed by atoms with Crippen LogP contribution < -0.4 is 0 Å². The first-order valence-electron chi connectivity index (χ1n) is 6.00. The molecule has 0 saturated heterocycles. The van der Waals surface area contributed by atoms with Gasteiger partial charge >= 0.3 is 0 Å². The molecule has 0 fully saturated rings. The number of pyridine rings is 1. The van der Waals surface area contributed by atoms with Gasteiger partial charge in [-0.05, 0) is 40.4 Å². The van der Waals surface area contributed by atoms with Crippen molar-refractivity contribution in [3.63, 3.8) is 0 Å². The zero-order chi connectivity index (χ0) is 11.8. The summed E-state index contributed by atoms with van der Waals surface area (Å²) < 4.78 is 0.975. The van der Waals surface area contributed by atoms with Crippen LogP contribution in [-0.2, 0) is 6.42 Å². The van der Waals surface area contributed by atoms with Crippen LogP contribution in [0.15, 0.2) is 22.9 Å². The highest BCUT2D eigenvalue weighted by atomic mass is 79.9. The molecule has 1 aromatic heterocycles. The number of unbranched alkanes of at least 4 members (excludes halogenated alkanes) is 3. The molecule has 1 heterocycles. The summed E-state index contributed by atoms with van der Waals surface area (Å²) in [5.41, 5.74) is 1.09. The van der Waals surface area contributed by atoms with E-state index >= 15 is 0 Å². The van der Waals surface area contributed by atoms with Crippen LogP contribution in [0.4, 0.5) is 0 Å². The van der Waals surface area contributed by atoms with Crippen molar-refractivity contribution in [2.45, 2.75) is 51.6 Å². The Balaban J connectivity index is 2.25. The fourth-order valence-electron chi connectivity index (χ4n) is 1.75. The van der Waals surface area contributed by atoms with Gasteiger partial charge in [-0.3, -0.25) is 4.98 Å². The van der Waals surface area contributed by atoms with Crippen molar-refractivity contribution in [2.75, 3.05) is 0 Å². The molecular weight excluding hydrogens is 266 g/mol. The molecular formula is C13H20BrNO. The molecule has 0 aliphatic rings. The maximum atomic E-state index is 9.85. The van der Waals surface area contributed by atoms with Crippen LogP contribution in [0.1, 0.15) is 44.6 Å². The average Bonchev–Trinajstić information content (AvgIpc) is 2.24. The molecule has 0 amide bonds. The lowest BCUT2D eigenvalue weighted by Crippen LogP contribution is -2.10. The molecule has 0 aliphatic heterocycles. The third-order valence-corrected chi connectivity index (χ3v) is 3.06. The highest BCUT2D eigenvalue weighted by Crippen LogP contribution is 2.13. The number of rotatable bonds is 7. The number of hydrogen-bond acceptors (Lipinski definition) is 2. The standard InChI is InChI=1S/C13H20BrNO/c1-2-3-4-5-6-13(16)8-11-7-12(14)10-15-9-11/h7,9-10,13,16H,2-6,8H2,1H3. The van der Waals surface area contributed by atoms with Crippen LogP contribution >= 0.6 is 15.9 Å². The van der Waals surface area contributed by atoms with Gasteiger partial charge in [-0.2, -0.15) is 0 Å². The van der Waals surface area contributed by atoms with E-state index in [1.165, 1.54) is 19.3 Å². The minimum Gasteiger partial charge on any atom is -0.393 e. The smallest absolute Gasteiger partial charge is 0.0581 e. The first kappa shape index (κ1) is 13.7. The van der Waals surface area contributed by atoms with Gasteiger partial charge in [-0.1, -0.05) is 32.6 Å². The first-order valence-corrected chi connectivity index (χ1v) is 6.79. The molecule has 0 bridgehead atoms. The Kier molecular flexibility index (Phi) is 6.65. The minimum absolute atomic E-state index is 0.229. The lowest BCUT2D eigenvalue weighted by Gasteiger charge is -2.10. The van der Waals surface area contributed by atoms with Gasteiger partial charge in [0.25, 0.3) is 0 Å². The molecule has 1 unspecified atom stereocenters. The van der Waals surface area contributed by atoms with Crippen molar-refractivity contribution in [3.05, 3.63) is 28.5 Å². The van der Waals surface area contributed by atoms with Gasteiger partial charge in [0.1, 0.15) is 0 Å². The summed E-state index contributed by atoms with van der Waals surface area (Å²) in [7, 11) is 0. The van der Waals surface area contributed by atoms with E-state index in [1.54, 1.807) is 6.20 Å². The van der Waals surface area contributed by atoms with Gasteiger partial charge < -0.3 is 5.11 Å². The van der Waals surface area contributed by atoms with E-state index in [1.807, 2.05) is 12.3 Å². The average molecular weight is 286 g/mol. The Bertz CT molecular complexity index is 304. The van der Waals surface area contributed by atoms with Gasteiger partial charge in [0, 0.05) is 16.9 Å². The number of halogens is 1. The molecule has 90 valence electrons. The Morgan fingerprint density at radius 2 is 2.12 bits per heavy atom. The SMILES string of the molecule is CCCCCCC(O)Cc1cncc(Br)c1. The third-order valence-electron chi connectivity index (χ3n) is 2.62. The Labute approximate surface area is 106 Å². The van der Waals surface area contributed by atoms with Crippen LogP contribution in [0.2, 0.25) is 0 Å². The second-order valence-electron chi connectivity index (χ2n) is 4.22. The predicted molar refractivity (Wildman–Crippen MR) is 70.4 cm³/mol. The van der Waals surface area contributed by atoms with E-state index < -0.39 is 0 Å².